The number of hydrogen-bond acceptors (Lipinski definition) is 3. The van der Waals surface area contributed by atoms with Crippen LogP contribution in [0.2, 0.25) is 0 Å². The molecule has 158 valence electrons. The lowest BCUT2D eigenvalue weighted by molar-refractivity contribution is 0.106. The van der Waals surface area contributed by atoms with Crippen molar-refractivity contribution in [1.82, 2.24) is 15.5 Å². The summed E-state index contributed by atoms with van der Waals surface area (Å²) < 4.78 is 5.64. The van der Waals surface area contributed by atoms with Crippen LogP contribution in [0, 0.1) is 0 Å². The van der Waals surface area contributed by atoms with Crippen LogP contribution in [-0.4, -0.2) is 50.7 Å². The zero-order valence-corrected chi connectivity index (χ0v) is 19.7. The zero-order chi connectivity index (χ0) is 19.6. The molecule has 5 nitrogen and oxygen atoms in total. The van der Waals surface area contributed by atoms with Gasteiger partial charge in [0.15, 0.2) is 5.96 Å². The molecule has 0 aromatic heterocycles. The van der Waals surface area contributed by atoms with Crippen molar-refractivity contribution >= 4 is 29.9 Å². The molecule has 1 heterocycles. The van der Waals surface area contributed by atoms with Crippen LogP contribution >= 0.6 is 24.0 Å². The number of hydrogen-bond donors (Lipinski definition) is 2. The van der Waals surface area contributed by atoms with E-state index in [1.165, 1.54) is 11.1 Å². The first-order chi connectivity index (χ1) is 13.8. The van der Waals surface area contributed by atoms with E-state index in [0.717, 1.165) is 38.4 Å². The predicted molar refractivity (Wildman–Crippen MR) is 131 cm³/mol. The molecule has 0 saturated carbocycles. The molecule has 1 unspecified atom stereocenters. The topological polar surface area (TPSA) is 48.9 Å². The minimum absolute atomic E-state index is 0. The van der Waals surface area contributed by atoms with Crippen molar-refractivity contribution in [3.63, 3.8) is 0 Å². The summed E-state index contributed by atoms with van der Waals surface area (Å²) in [7, 11) is 3.57. The normalized spacial score (nSPS) is 16.7. The summed E-state index contributed by atoms with van der Waals surface area (Å²) in [6.07, 6.45) is 2.26. The van der Waals surface area contributed by atoms with Crippen LogP contribution in [0.5, 0.6) is 0 Å². The highest BCUT2D eigenvalue weighted by Crippen LogP contribution is 2.16. The molecule has 1 saturated heterocycles. The highest BCUT2D eigenvalue weighted by molar-refractivity contribution is 14.0. The minimum atomic E-state index is 0. The van der Waals surface area contributed by atoms with Crippen LogP contribution in [0.15, 0.2) is 65.7 Å². The number of halogens is 1. The van der Waals surface area contributed by atoms with Crippen molar-refractivity contribution in [2.75, 3.05) is 33.8 Å². The molecule has 3 rings (SSSR count). The molecule has 29 heavy (non-hydrogen) atoms. The van der Waals surface area contributed by atoms with Gasteiger partial charge in [0, 0.05) is 46.4 Å². The molecule has 2 aromatic carbocycles. The Bertz CT molecular complexity index is 718. The molecule has 1 aliphatic heterocycles. The molecule has 6 heteroatoms. The minimum Gasteiger partial charge on any atom is -0.375 e. The first kappa shape index (κ1) is 23.6. The Kier molecular flexibility index (Phi) is 10.5. The molecule has 0 spiro atoms. The van der Waals surface area contributed by atoms with Crippen LogP contribution < -0.4 is 10.6 Å². The van der Waals surface area contributed by atoms with E-state index < -0.39 is 0 Å². The lowest BCUT2D eigenvalue weighted by Crippen LogP contribution is -2.49. The molecule has 1 fully saturated rings. The van der Waals surface area contributed by atoms with Gasteiger partial charge >= 0.3 is 0 Å². The monoisotopic (exact) mass is 508 g/mol. The molecule has 0 bridgehead atoms. The number of aliphatic imine (C=N–C) groups is 1. The third kappa shape index (κ3) is 7.60. The van der Waals surface area contributed by atoms with Gasteiger partial charge in [0.1, 0.15) is 0 Å². The van der Waals surface area contributed by atoms with E-state index in [9.17, 15) is 0 Å². The Morgan fingerprint density at radius 2 is 1.69 bits per heavy atom. The summed E-state index contributed by atoms with van der Waals surface area (Å²) in [5.41, 5.74) is 2.56. The van der Waals surface area contributed by atoms with Gasteiger partial charge < -0.3 is 15.4 Å². The SMILES string of the molecule is CN=C(NCC(OC)c1ccccc1)NC1CCN(Cc2ccccc2)CC1.I. The van der Waals surface area contributed by atoms with Crippen molar-refractivity contribution in [3.05, 3.63) is 71.8 Å². The van der Waals surface area contributed by atoms with Gasteiger partial charge in [0.05, 0.1) is 6.10 Å². The first-order valence-electron chi connectivity index (χ1n) is 10.1. The third-order valence-corrected chi connectivity index (χ3v) is 5.31. The van der Waals surface area contributed by atoms with E-state index in [-0.39, 0.29) is 30.1 Å². The summed E-state index contributed by atoms with van der Waals surface area (Å²) >= 11 is 0. The molecule has 1 atom stereocenters. The molecule has 0 radical (unpaired) electrons. The second-order valence-electron chi connectivity index (χ2n) is 7.27. The Morgan fingerprint density at radius 3 is 2.28 bits per heavy atom. The van der Waals surface area contributed by atoms with Crippen LogP contribution in [0.3, 0.4) is 0 Å². The van der Waals surface area contributed by atoms with Crippen molar-refractivity contribution in [3.8, 4) is 0 Å². The zero-order valence-electron chi connectivity index (χ0n) is 17.4. The maximum absolute atomic E-state index is 5.64. The molecule has 0 aliphatic carbocycles. The molecule has 2 N–H and O–H groups in total. The van der Waals surface area contributed by atoms with E-state index in [0.29, 0.717) is 12.6 Å². The fraction of sp³-hybridized carbons (Fsp3) is 0.435. The first-order valence-corrected chi connectivity index (χ1v) is 10.1. The number of likely N-dealkylation sites (tertiary alicyclic amines) is 1. The van der Waals surface area contributed by atoms with E-state index in [1.54, 1.807) is 7.11 Å². The van der Waals surface area contributed by atoms with Gasteiger partial charge in [0.2, 0.25) is 0 Å². The van der Waals surface area contributed by atoms with Crippen molar-refractivity contribution < 1.29 is 4.74 Å². The Hall–Kier alpha value is -1.64. The molecule has 0 amide bonds. The number of rotatable bonds is 7. The third-order valence-electron chi connectivity index (χ3n) is 5.31. The summed E-state index contributed by atoms with van der Waals surface area (Å²) in [6.45, 7) is 3.93. The van der Waals surface area contributed by atoms with Crippen LogP contribution in [0.1, 0.15) is 30.1 Å². The van der Waals surface area contributed by atoms with Gasteiger partial charge in [-0.15, -0.1) is 24.0 Å². The van der Waals surface area contributed by atoms with E-state index in [2.05, 4.69) is 63.0 Å². The highest BCUT2D eigenvalue weighted by Gasteiger charge is 2.20. The molecular weight excluding hydrogens is 475 g/mol. The predicted octanol–water partition coefficient (Wildman–Crippen LogP) is 3.82. The van der Waals surface area contributed by atoms with Crippen molar-refractivity contribution in [1.29, 1.82) is 0 Å². The summed E-state index contributed by atoms with van der Waals surface area (Å²) in [5.74, 6) is 0.847. The number of piperidine rings is 1. The number of benzene rings is 2. The number of nitrogens with one attached hydrogen (secondary N) is 2. The maximum Gasteiger partial charge on any atom is 0.191 e. The Morgan fingerprint density at radius 1 is 1.07 bits per heavy atom. The fourth-order valence-electron chi connectivity index (χ4n) is 3.66. The van der Waals surface area contributed by atoms with E-state index in [4.69, 9.17) is 4.74 Å². The summed E-state index contributed by atoms with van der Waals surface area (Å²) in [6, 6.07) is 21.4. The number of methoxy groups -OCH3 is 1. The van der Waals surface area contributed by atoms with Crippen molar-refractivity contribution in [2.45, 2.75) is 31.5 Å². The number of nitrogens with zero attached hydrogens (tertiary/aromatic N) is 2. The maximum atomic E-state index is 5.64. The van der Waals surface area contributed by atoms with Gasteiger partial charge in [-0.2, -0.15) is 0 Å². The van der Waals surface area contributed by atoms with Crippen LogP contribution in [0.4, 0.5) is 0 Å². The van der Waals surface area contributed by atoms with Gasteiger partial charge in [0.25, 0.3) is 0 Å². The van der Waals surface area contributed by atoms with Gasteiger partial charge in [-0.3, -0.25) is 9.89 Å². The second-order valence-corrected chi connectivity index (χ2v) is 7.27. The molecule has 1 aliphatic rings. The van der Waals surface area contributed by atoms with Crippen molar-refractivity contribution in [2.24, 2.45) is 4.99 Å². The lowest BCUT2D eigenvalue weighted by Gasteiger charge is -2.33. The van der Waals surface area contributed by atoms with Gasteiger partial charge in [-0.25, -0.2) is 0 Å². The Labute approximate surface area is 192 Å². The van der Waals surface area contributed by atoms with Crippen LogP contribution in [0.25, 0.3) is 0 Å². The van der Waals surface area contributed by atoms with Gasteiger partial charge in [-0.05, 0) is 24.0 Å². The Balaban J connectivity index is 0.00000300. The average Bonchev–Trinajstić information content (AvgIpc) is 2.76. The average molecular weight is 508 g/mol. The molecule has 2 aromatic rings. The number of guanidine groups is 1. The highest BCUT2D eigenvalue weighted by atomic mass is 127. The fourth-order valence-corrected chi connectivity index (χ4v) is 3.66. The van der Waals surface area contributed by atoms with E-state index >= 15 is 0 Å². The quantitative estimate of drug-likeness (QED) is 0.339. The van der Waals surface area contributed by atoms with E-state index in [1.807, 2.05) is 25.2 Å². The standard InChI is InChI=1S/C23H32N4O.HI/c1-24-23(25-17-22(28-2)20-11-7-4-8-12-20)26-21-13-15-27(16-14-21)18-19-9-5-3-6-10-19;/h3-12,21-22H,13-18H2,1-2H3,(H2,24,25,26);1H. The van der Waals surface area contributed by atoms with Crippen LogP contribution in [-0.2, 0) is 11.3 Å². The smallest absolute Gasteiger partial charge is 0.191 e. The van der Waals surface area contributed by atoms with Gasteiger partial charge in [-0.1, -0.05) is 60.7 Å². The molecular formula is C23H33IN4O. The largest absolute Gasteiger partial charge is 0.375 e. The second kappa shape index (κ2) is 12.8. The summed E-state index contributed by atoms with van der Waals surface area (Å²) in [4.78, 5) is 6.92. The summed E-state index contributed by atoms with van der Waals surface area (Å²) in [5, 5.41) is 7.00. The lowest BCUT2D eigenvalue weighted by atomic mass is 10.0. The number of ether oxygens (including phenoxy) is 1.